The van der Waals surface area contributed by atoms with E-state index in [-0.39, 0.29) is 0 Å². The molecule has 9 aromatic carbocycles. The van der Waals surface area contributed by atoms with E-state index in [1.807, 2.05) is 0 Å². The second-order valence-corrected chi connectivity index (χ2v) is 13.3. The number of hydrogen-bond acceptors (Lipinski definition) is 0. The van der Waals surface area contributed by atoms with Crippen LogP contribution in [0.2, 0.25) is 0 Å². The van der Waals surface area contributed by atoms with Crippen molar-refractivity contribution in [3.05, 3.63) is 182 Å². The molecular formula is C48H30N2. The van der Waals surface area contributed by atoms with Gasteiger partial charge in [0.15, 0.2) is 0 Å². The van der Waals surface area contributed by atoms with Crippen LogP contribution in [0.1, 0.15) is 0 Å². The third kappa shape index (κ3) is 3.79. The summed E-state index contributed by atoms with van der Waals surface area (Å²) < 4.78 is 5.01. The molecule has 2 aromatic heterocycles. The van der Waals surface area contributed by atoms with Gasteiger partial charge in [-0.05, 0) is 80.5 Å². The minimum Gasteiger partial charge on any atom is -0.309 e. The van der Waals surface area contributed by atoms with Crippen molar-refractivity contribution in [2.24, 2.45) is 0 Å². The fourth-order valence-electron chi connectivity index (χ4n) is 8.51. The van der Waals surface area contributed by atoms with E-state index in [1.54, 1.807) is 0 Å². The van der Waals surface area contributed by atoms with Gasteiger partial charge >= 0.3 is 0 Å². The molecule has 0 spiro atoms. The maximum Gasteiger partial charge on any atom is 0.0648 e. The van der Waals surface area contributed by atoms with Crippen LogP contribution in [0.3, 0.4) is 0 Å². The highest BCUT2D eigenvalue weighted by Crippen LogP contribution is 2.48. The summed E-state index contributed by atoms with van der Waals surface area (Å²) in [7, 11) is 0. The van der Waals surface area contributed by atoms with Gasteiger partial charge in [0.05, 0.1) is 22.1 Å². The quantitative estimate of drug-likeness (QED) is 0.183. The number of benzene rings is 9. The maximum absolute atomic E-state index is 2.54. The lowest BCUT2D eigenvalue weighted by molar-refractivity contribution is 1.18. The monoisotopic (exact) mass is 634 g/mol. The van der Waals surface area contributed by atoms with E-state index in [9.17, 15) is 0 Å². The summed E-state index contributed by atoms with van der Waals surface area (Å²) in [6, 6.07) is 66.7. The topological polar surface area (TPSA) is 9.86 Å². The Balaban J connectivity index is 1.37. The highest BCUT2D eigenvalue weighted by Gasteiger charge is 2.25. The van der Waals surface area contributed by atoms with Crippen LogP contribution in [0, 0.1) is 0 Å². The lowest BCUT2D eigenvalue weighted by Gasteiger charge is -2.14. The van der Waals surface area contributed by atoms with Gasteiger partial charge in [0.25, 0.3) is 0 Å². The Morgan fingerprint density at radius 1 is 0.280 bits per heavy atom. The van der Waals surface area contributed by atoms with Crippen molar-refractivity contribution in [2.75, 3.05) is 0 Å². The molecular weight excluding hydrogens is 605 g/mol. The molecule has 50 heavy (non-hydrogen) atoms. The summed E-state index contributed by atoms with van der Waals surface area (Å²) in [5.74, 6) is 0. The predicted molar refractivity (Wildman–Crippen MR) is 213 cm³/mol. The SMILES string of the molecule is c1ccc(-n2c3ccccc3c3c2c2ccccc2c2c4c5ccccc5ccc4n(-c4cccc(-c5ccc6ccccc6c5)c4)c23)cc1. The van der Waals surface area contributed by atoms with Crippen molar-refractivity contribution in [1.82, 2.24) is 9.13 Å². The molecule has 0 aliphatic carbocycles. The zero-order valence-electron chi connectivity index (χ0n) is 27.2. The first-order chi connectivity index (χ1) is 24.8. The largest absolute Gasteiger partial charge is 0.309 e. The fraction of sp³-hybridized carbons (Fsp3) is 0. The van der Waals surface area contributed by atoms with Gasteiger partial charge in [0.2, 0.25) is 0 Å². The van der Waals surface area contributed by atoms with Crippen molar-refractivity contribution in [2.45, 2.75) is 0 Å². The smallest absolute Gasteiger partial charge is 0.0648 e. The molecule has 0 amide bonds. The molecule has 2 heterocycles. The van der Waals surface area contributed by atoms with Crippen molar-refractivity contribution in [3.63, 3.8) is 0 Å². The summed E-state index contributed by atoms with van der Waals surface area (Å²) in [6.07, 6.45) is 0. The lowest BCUT2D eigenvalue weighted by atomic mass is 9.97. The molecule has 2 heteroatoms. The van der Waals surface area contributed by atoms with Crippen LogP contribution in [0.15, 0.2) is 182 Å². The molecule has 0 atom stereocenters. The predicted octanol–water partition coefficient (Wildman–Crippen LogP) is 13.0. The second-order valence-electron chi connectivity index (χ2n) is 13.3. The zero-order valence-corrected chi connectivity index (χ0v) is 27.2. The van der Waals surface area contributed by atoms with E-state index in [2.05, 4.69) is 191 Å². The highest BCUT2D eigenvalue weighted by atomic mass is 15.0. The lowest BCUT2D eigenvalue weighted by Crippen LogP contribution is -1.97. The standard InChI is InChI=1S/C48H30N2/c1-2-17-36(18-3-1)49-42-24-11-10-23-41(42)46-47(49)40-22-9-8-21-39(40)45-44-38-20-7-6-14-32(38)27-28-43(44)50(48(45)46)37-19-12-16-34(30-37)35-26-25-31-13-4-5-15-33(31)29-35/h1-30H. The molecule has 0 aliphatic rings. The molecule has 0 fully saturated rings. The Hall–Kier alpha value is -6.64. The molecule has 2 nitrogen and oxygen atoms in total. The van der Waals surface area contributed by atoms with Crippen LogP contribution < -0.4 is 0 Å². The number of rotatable bonds is 3. The number of para-hydroxylation sites is 2. The number of hydrogen-bond donors (Lipinski definition) is 0. The van der Waals surface area contributed by atoms with Gasteiger partial charge in [0, 0.05) is 38.3 Å². The Morgan fingerprint density at radius 3 is 1.76 bits per heavy atom. The van der Waals surface area contributed by atoms with E-state index in [4.69, 9.17) is 0 Å². The molecule has 11 aromatic rings. The van der Waals surface area contributed by atoms with E-state index in [1.165, 1.54) is 87.1 Å². The molecule has 11 rings (SSSR count). The first-order valence-electron chi connectivity index (χ1n) is 17.3. The second kappa shape index (κ2) is 10.4. The van der Waals surface area contributed by atoms with Gasteiger partial charge in [-0.1, -0.05) is 140 Å². The molecule has 0 N–H and O–H groups in total. The van der Waals surface area contributed by atoms with Gasteiger partial charge in [-0.2, -0.15) is 0 Å². The summed E-state index contributed by atoms with van der Waals surface area (Å²) in [6.45, 7) is 0. The molecule has 232 valence electrons. The number of nitrogens with zero attached hydrogens (tertiary/aromatic N) is 2. The summed E-state index contributed by atoms with van der Waals surface area (Å²) in [5, 5.41) is 12.7. The molecule has 0 radical (unpaired) electrons. The van der Waals surface area contributed by atoms with Crippen LogP contribution >= 0.6 is 0 Å². The summed E-state index contributed by atoms with van der Waals surface area (Å²) >= 11 is 0. The van der Waals surface area contributed by atoms with Crippen LogP contribution in [0.25, 0.3) is 98.4 Å². The van der Waals surface area contributed by atoms with Crippen molar-refractivity contribution < 1.29 is 0 Å². The highest BCUT2D eigenvalue weighted by molar-refractivity contribution is 6.39. The normalized spacial score (nSPS) is 12.0. The summed E-state index contributed by atoms with van der Waals surface area (Å²) in [4.78, 5) is 0. The van der Waals surface area contributed by atoms with E-state index < -0.39 is 0 Å². The van der Waals surface area contributed by atoms with Gasteiger partial charge in [-0.15, -0.1) is 0 Å². The molecule has 0 aliphatic heterocycles. The Kier molecular flexibility index (Phi) is 5.70. The van der Waals surface area contributed by atoms with Gasteiger partial charge in [-0.3, -0.25) is 0 Å². The van der Waals surface area contributed by atoms with Gasteiger partial charge < -0.3 is 9.13 Å². The van der Waals surface area contributed by atoms with E-state index in [0.717, 1.165) is 11.4 Å². The first-order valence-corrected chi connectivity index (χ1v) is 17.3. The third-order valence-electron chi connectivity index (χ3n) is 10.6. The molecule has 0 bridgehead atoms. The minimum atomic E-state index is 1.15. The molecule has 0 unspecified atom stereocenters. The van der Waals surface area contributed by atoms with E-state index >= 15 is 0 Å². The van der Waals surface area contributed by atoms with Gasteiger partial charge in [-0.25, -0.2) is 0 Å². The third-order valence-corrected chi connectivity index (χ3v) is 10.6. The van der Waals surface area contributed by atoms with Crippen LogP contribution in [-0.2, 0) is 0 Å². The summed E-state index contributed by atoms with van der Waals surface area (Å²) in [5.41, 5.74) is 9.63. The Bertz CT molecular complexity index is 3140. The van der Waals surface area contributed by atoms with Crippen molar-refractivity contribution >= 4 is 75.9 Å². The van der Waals surface area contributed by atoms with Gasteiger partial charge in [0.1, 0.15) is 0 Å². The maximum atomic E-state index is 2.54. The average molecular weight is 635 g/mol. The zero-order chi connectivity index (χ0) is 32.8. The Morgan fingerprint density at radius 2 is 0.900 bits per heavy atom. The van der Waals surface area contributed by atoms with Crippen LogP contribution in [0.5, 0.6) is 0 Å². The average Bonchev–Trinajstić information content (AvgIpc) is 3.72. The number of aromatic nitrogens is 2. The van der Waals surface area contributed by atoms with E-state index in [0.29, 0.717) is 0 Å². The van der Waals surface area contributed by atoms with Crippen LogP contribution in [0.4, 0.5) is 0 Å². The van der Waals surface area contributed by atoms with Crippen molar-refractivity contribution in [1.29, 1.82) is 0 Å². The van der Waals surface area contributed by atoms with Crippen LogP contribution in [-0.4, -0.2) is 9.13 Å². The fourth-order valence-corrected chi connectivity index (χ4v) is 8.51. The van der Waals surface area contributed by atoms with Crippen molar-refractivity contribution in [3.8, 4) is 22.5 Å². The first kappa shape index (κ1) is 27.3. The minimum absolute atomic E-state index is 1.15. The molecule has 0 saturated carbocycles. The Labute approximate surface area is 288 Å². The molecule has 0 saturated heterocycles. The number of fused-ring (bicyclic) bond motifs is 13.